The number of carbonyl (C=O) groups excluding carboxylic acids is 1. The summed E-state index contributed by atoms with van der Waals surface area (Å²) in [5, 5.41) is 10.5. The Labute approximate surface area is 86.6 Å². The average Bonchev–Trinajstić information content (AvgIpc) is 2.23. The average molecular weight is 209 g/mol. The van der Waals surface area contributed by atoms with Gasteiger partial charge in [0, 0.05) is 19.2 Å². The predicted octanol–water partition coefficient (Wildman–Crippen LogP) is -0.386. The van der Waals surface area contributed by atoms with Crippen LogP contribution in [0.15, 0.2) is 12.1 Å². The van der Waals surface area contributed by atoms with Crippen LogP contribution in [0.5, 0.6) is 5.88 Å². The number of ether oxygens (including phenoxy) is 2. The molecule has 0 bridgehead atoms. The van der Waals surface area contributed by atoms with E-state index in [0.29, 0.717) is 5.88 Å². The van der Waals surface area contributed by atoms with E-state index in [2.05, 4.69) is 20.3 Å². The summed E-state index contributed by atoms with van der Waals surface area (Å²) in [6, 6.07) is 3.14. The molecule has 0 atom stereocenters. The molecule has 0 aliphatic carbocycles. The molecule has 0 radical (unpaired) electrons. The highest BCUT2D eigenvalue weighted by atomic mass is 16.5. The largest absolute Gasteiger partial charge is 0.471 e. The summed E-state index contributed by atoms with van der Waals surface area (Å²) in [5.74, 6) is -0.0755. The lowest BCUT2D eigenvalue weighted by atomic mass is 10.2. The molecular weight excluding hydrogens is 198 g/mol. The summed E-state index contributed by atoms with van der Waals surface area (Å²) < 4.78 is 9.93. The summed E-state index contributed by atoms with van der Waals surface area (Å²) in [5.41, 5.74) is 0.177. The maximum atomic E-state index is 11.0. The molecule has 6 nitrogen and oxygen atoms in total. The van der Waals surface area contributed by atoms with Gasteiger partial charge in [-0.15, -0.1) is 10.2 Å². The van der Waals surface area contributed by atoms with Crippen LogP contribution in [0.3, 0.4) is 0 Å². The van der Waals surface area contributed by atoms with E-state index in [1.54, 1.807) is 6.07 Å². The van der Waals surface area contributed by atoms with E-state index in [1.807, 2.05) is 0 Å². The summed E-state index contributed by atoms with van der Waals surface area (Å²) in [6.07, 6.45) is 0.156. The van der Waals surface area contributed by atoms with Crippen molar-refractivity contribution in [3.05, 3.63) is 17.8 Å². The second-order valence-corrected chi connectivity index (χ2v) is 3.15. The van der Waals surface area contributed by atoms with E-state index >= 15 is 0 Å². The summed E-state index contributed by atoms with van der Waals surface area (Å²) in [6.45, 7) is 1.64. The van der Waals surface area contributed by atoms with E-state index in [-0.39, 0.29) is 11.8 Å². The number of nitrogens with one attached hydrogen (secondary N) is 1. The van der Waals surface area contributed by atoms with Crippen molar-refractivity contribution in [2.45, 2.75) is 6.10 Å². The second kappa shape index (κ2) is 4.22. The molecular formula is C9H11N3O3. The fourth-order valence-electron chi connectivity index (χ4n) is 1.11. The van der Waals surface area contributed by atoms with Crippen molar-refractivity contribution in [1.82, 2.24) is 15.5 Å². The molecule has 0 aromatic carbocycles. The molecule has 1 N–H and O–H groups in total. The monoisotopic (exact) mass is 209 g/mol. The molecule has 6 heteroatoms. The first-order valence-electron chi connectivity index (χ1n) is 4.59. The molecule has 1 aromatic heterocycles. The smallest absolute Gasteiger partial charge is 0.358 e. The van der Waals surface area contributed by atoms with Gasteiger partial charge in [0.05, 0.1) is 7.11 Å². The molecule has 0 saturated carbocycles. The maximum Gasteiger partial charge on any atom is 0.358 e. The van der Waals surface area contributed by atoms with Crippen LogP contribution in [-0.4, -0.2) is 42.5 Å². The predicted molar refractivity (Wildman–Crippen MR) is 50.7 cm³/mol. The molecule has 0 spiro atoms. The van der Waals surface area contributed by atoms with Crippen molar-refractivity contribution >= 4 is 5.97 Å². The van der Waals surface area contributed by atoms with Crippen LogP contribution < -0.4 is 10.1 Å². The van der Waals surface area contributed by atoms with Crippen LogP contribution in [0.4, 0.5) is 0 Å². The normalized spacial score (nSPS) is 15.5. The zero-order valence-electron chi connectivity index (χ0n) is 8.27. The molecule has 0 amide bonds. The first-order valence-corrected chi connectivity index (χ1v) is 4.59. The Morgan fingerprint density at radius 2 is 2.27 bits per heavy atom. The topological polar surface area (TPSA) is 73.3 Å². The maximum absolute atomic E-state index is 11.0. The Morgan fingerprint density at radius 3 is 2.73 bits per heavy atom. The highest BCUT2D eigenvalue weighted by Gasteiger charge is 2.19. The number of nitrogens with zero attached hydrogens (tertiary/aromatic N) is 2. The van der Waals surface area contributed by atoms with E-state index in [4.69, 9.17) is 4.74 Å². The fourth-order valence-corrected chi connectivity index (χ4v) is 1.11. The molecule has 0 unspecified atom stereocenters. The van der Waals surface area contributed by atoms with Gasteiger partial charge in [-0.05, 0) is 6.07 Å². The van der Waals surface area contributed by atoms with Gasteiger partial charge in [0.1, 0.15) is 6.10 Å². The summed E-state index contributed by atoms with van der Waals surface area (Å²) in [7, 11) is 1.30. The van der Waals surface area contributed by atoms with Crippen LogP contribution in [0, 0.1) is 0 Å². The molecule has 80 valence electrons. The third kappa shape index (κ3) is 2.21. The Bertz CT molecular complexity index is 348. The van der Waals surface area contributed by atoms with E-state index < -0.39 is 5.97 Å². The molecule has 1 aliphatic heterocycles. The number of hydrogen-bond acceptors (Lipinski definition) is 6. The Balaban J connectivity index is 1.99. The number of rotatable bonds is 3. The van der Waals surface area contributed by atoms with Crippen LogP contribution >= 0.6 is 0 Å². The third-order valence-electron chi connectivity index (χ3n) is 2.07. The Hall–Kier alpha value is -1.69. The standard InChI is InChI=1S/C9H11N3O3/c1-14-9(13)7-2-3-8(12-11-7)15-6-4-10-5-6/h2-3,6,10H,4-5H2,1H3. The second-order valence-electron chi connectivity index (χ2n) is 3.15. The zero-order valence-corrected chi connectivity index (χ0v) is 8.27. The van der Waals surface area contributed by atoms with Crippen LogP contribution in [-0.2, 0) is 4.74 Å². The van der Waals surface area contributed by atoms with Gasteiger partial charge in [0.15, 0.2) is 5.69 Å². The van der Waals surface area contributed by atoms with Gasteiger partial charge in [-0.1, -0.05) is 0 Å². The van der Waals surface area contributed by atoms with Gasteiger partial charge in [0.25, 0.3) is 0 Å². The van der Waals surface area contributed by atoms with Gasteiger partial charge in [-0.2, -0.15) is 0 Å². The first-order chi connectivity index (χ1) is 7.29. The molecule has 1 aromatic rings. The molecule has 1 fully saturated rings. The Morgan fingerprint density at radius 1 is 1.47 bits per heavy atom. The number of carbonyl (C=O) groups is 1. The van der Waals surface area contributed by atoms with E-state index in [0.717, 1.165) is 13.1 Å². The number of methoxy groups -OCH3 is 1. The SMILES string of the molecule is COC(=O)c1ccc(OC2CNC2)nn1. The minimum atomic E-state index is -0.501. The van der Waals surface area contributed by atoms with Gasteiger partial charge in [0.2, 0.25) is 5.88 Å². The number of esters is 1. The third-order valence-corrected chi connectivity index (χ3v) is 2.07. The molecule has 15 heavy (non-hydrogen) atoms. The minimum Gasteiger partial charge on any atom is -0.471 e. The summed E-state index contributed by atoms with van der Waals surface area (Å²) in [4.78, 5) is 11.0. The first kappa shape index (κ1) is 9.85. The molecule has 1 saturated heterocycles. The van der Waals surface area contributed by atoms with Crippen molar-refractivity contribution in [3.8, 4) is 5.88 Å². The van der Waals surface area contributed by atoms with Crippen LogP contribution in [0.25, 0.3) is 0 Å². The van der Waals surface area contributed by atoms with Crippen molar-refractivity contribution < 1.29 is 14.3 Å². The van der Waals surface area contributed by atoms with Crippen LogP contribution in [0.1, 0.15) is 10.5 Å². The Kier molecular flexibility index (Phi) is 2.77. The van der Waals surface area contributed by atoms with Crippen molar-refractivity contribution in [2.24, 2.45) is 0 Å². The fraction of sp³-hybridized carbons (Fsp3) is 0.444. The summed E-state index contributed by atoms with van der Waals surface area (Å²) >= 11 is 0. The highest BCUT2D eigenvalue weighted by molar-refractivity contribution is 5.86. The van der Waals surface area contributed by atoms with Crippen molar-refractivity contribution in [1.29, 1.82) is 0 Å². The van der Waals surface area contributed by atoms with E-state index in [1.165, 1.54) is 13.2 Å². The van der Waals surface area contributed by atoms with Gasteiger partial charge < -0.3 is 14.8 Å². The zero-order chi connectivity index (χ0) is 10.7. The van der Waals surface area contributed by atoms with Gasteiger partial charge in [-0.25, -0.2) is 4.79 Å². The number of aromatic nitrogens is 2. The minimum absolute atomic E-state index is 0.156. The molecule has 2 heterocycles. The van der Waals surface area contributed by atoms with Gasteiger partial charge in [-0.3, -0.25) is 0 Å². The lowest BCUT2D eigenvalue weighted by Crippen LogP contribution is -2.50. The van der Waals surface area contributed by atoms with Gasteiger partial charge >= 0.3 is 5.97 Å². The van der Waals surface area contributed by atoms with Crippen LogP contribution in [0.2, 0.25) is 0 Å². The van der Waals surface area contributed by atoms with Crippen molar-refractivity contribution in [3.63, 3.8) is 0 Å². The van der Waals surface area contributed by atoms with Crippen molar-refractivity contribution in [2.75, 3.05) is 20.2 Å². The molecule has 2 rings (SSSR count). The quantitative estimate of drug-likeness (QED) is 0.684. The number of hydrogen-bond donors (Lipinski definition) is 1. The lowest BCUT2D eigenvalue weighted by molar-refractivity contribution is 0.0592. The lowest BCUT2D eigenvalue weighted by Gasteiger charge is -2.26. The van der Waals surface area contributed by atoms with E-state index in [9.17, 15) is 4.79 Å². The molecule has 1 aliphatic rings. The highest BCUT2D eigenvalue weighted by Crippen LogP contribution is 2.09.